The third-order valence-electron chi connectivity index (χ3n) is 9.67. The van der Waals surface area contributed by atoms with Crippen molar-refractivity contribution in [1.82, 2.24) is 20.2 Å². The van der Waals surface area contributed by atoms with E-state index in [1.807, 2.05) is 50.2 Å². The maximum atomic E-state index is 12.9. The van der Waals surface area contributed by atoms with Gasteiger partial charge in [0.15, 0.2) is 5.75 Å². The maximum Gasteiger partial charge on any atom is 0.255 e. The van der Waals surface area contributed by atoms with Crippen LogP contribution in [0.15, 0.2) is 72.0 Å². The second-order valence-electron chi connectivity index (χ2n) is 13.9. The molecule has 0 radical (unpaired) electrons. The normalized spacial score (nSPS) is 15.7. The number of benzene rings is 3. The molecule has 1 aromatic heterocycles. The number of rotatable bonds is 15. The van der Waals surface area contributed by atoms with Crippen LogP contribution >= 0.6 is 11.6 Å². The number of nitrogens with one attached hydrogen (secondary N) is 1. The molecule has 0 bridgehead atoms. The van der Waals surface area contributed by atoms with Crippen molar-refractivity contribution >= 4 is 39.2 Å². The molecule has 3 amide bonds. The van der Waals surface area contributed by atoms with Crippen molar-refractivity contribution in [3.63, 3.8) is 0 Å². The summed E-state index contributed by atoms with van der Waals surface area (Å²) in [4.78, 5) is 46.2. The molecule has 286 valence electrons. The Balaban J connectivity index is 0.967. The molecule has 3 heterocycles. The van der Waals surface area contributed by atoms with Crippen molar-refractivity contribution in [2.75, 3.05) is 26.1 Å². The first-order chi connectivity index (χ1) is 26.2. The Bertz CT molecular complexity index is 2270. The summed E-state index contributed by atoms with van der Waals surface area (Å²) in [6.07, 6.45) is 4.17. The van der Waals surface area contributed by atoms with Crippen LogP contribution in [-0.4, -0.2) is 73.1 Å². The van der Waals surface area contributed by atoms with E-state index in [9.17, 15) is 28.1 Å². The highest BCUT2D eigenvalue weighted by atomic mass is 35.5. The fourth-order valence-electron chi connectivity index (χ4n) is 6.52. The van der Waals surface area contributed by atoms with Crippen LogP contribution in [0.2, 0.25) is 5.02 Å². The van der Waals surface area contributed by atoms with Gasteiger partial charge in [-0.1, -0.05) is 49.7 Å². The summed E-state index contributed by atoms with van der Waals surface area (Å²) in [5.41, 5.74) is 4.44. The summed E-state index contributed by atoms with van der Waals surface area (Å²) in [6.45, 7) is 5.63. The molecule has 1 N–H and O–H groups in total. The second kappa shape index (κ2) is 16.6. The molecule has 55 heavy (non-hydrogen) atoms. The van der Waals surface area contributed by atoms with E-state index in [2.05, 4.69) is 21.4 Å². The Hall–Kier alpha value is -5.36. The number of aromatic nitrogens is 2. The van der Waals surface area contributed by atoms with Crippen molar-refractivity contribution in [1.29, 1.82) is 5.26 Å². The molecule has 6 rings (SSSR count). The highest BCUT2D eigenvalue weighted by Gasteiger charge is 2.39. The molecule has 13 nitrogen and oxygen atoms in total. The molecular formula is C40H40ClN5O8S. The van der Waals surface area contributed by atoms with Gasteiger partial charge >= 0.3 is 0 Å². The zero-order valence-corrected chi connectivity index (χ0v) is 32.2. The average molecular weight is 786 g/mol. The number of nitrogens with zero attached hydrogens (tertiary/aromatic N) is 4. The zero-order valence-electron chi connectivity index (χ0n) is 30.6. The smallest absolute Gasteiger partial charge is 0.255 e. The molecule has 15 heteroatoms. The number of carbonyl (C=O) groups excluding carboxylic acids is 3. The van der Waals surface area contributed by atoms with E-state index in [-0.39, 0.29) is 30.0 Å². The molecule has 3 aromatic carbocycles. The lowest BCUT2D eigenvalue weighted by Gasteiger charge is -2.29. The standard InChI is InChI=1S/C40H40ClN5O8S/c1-40(2,28-6-8-31(9-7-28)54-24-30-13-15-43-39(44-30)55(3,50)51)29-20-26(22-42)36(33(41)21-29)53-17-4-16-52-18-14-25-5-10-32-27(19-25)23-46(38(32)49)34-11-12-35(47)45-37(34)48/h5-10,13,15,19-21,34H,4,11-12,14,16-18,23-24H2,1-3H3,(H,45,47,48). The van der Waals surface area contributed by atoms with E-state index in [1.54, 1.807) is 24.3 Å². The summed E-state index contributed by atoms with van der Waals surface area (Å²) >= 11 is 6.68. The lowest BCUT2D eigenvalue weighted by molar-refractivity contribution is -0.136. The minimum atomic E-state index is -3.53. The average Bonchev–Trinajstić information content (AvgIpc) is 3.48. The van der Waals surface area contributed by atoms with Gasteiger partial charge in [-0.3, -0.25) is 19.7 Å². The summed E-state index contributed by atoms with van der Waals surface area (Å²) in [5.74, 6) is -0.0564. The first-order valence-electron chi connectivity index (χ1n) is 17.7. The van der Waals surface area contributed by atoms with Crippen LogP contribution in [0.1, 0.15) is 77.0 Å². The van der Waals surface area contributed by atoms with Gasteiger partial charge in [0.2, 0.25) is 26.8 Å². The minimum Gasteiger partial charge on any atom is -0.491 e. The predicted molar refractivity (Wildman–Crippen MR) is 201 cm³/mol. The largest absolute Gasteiger partial charge is 0.491 e. The van der Waals surface area contributed by atoms with Crippen molar-refractivity contribution < 1.29 is 37.0 Å². The topological polar surface area (TPSA) is 178 Å². The number of fused-ring (bicyclic) bond motifs is 1. The highest BCUT2D eigenvalue weighted by molar-refractivity contribution is 7.90. The van der Waals surface area contributed by atoms with Crippen molar-refractivity contribution in [2.45, 2.75) is 69.3 Å². The number of sulfone groups is 1. The molecule has 2 aliphatic rings. The van der Waals surface area contributed by atoms with Crippen LogP contribution in [0.3, 0.4) is 0 Å². The molecule has 1 saturated heterocycles. The summed E-state index contributed by atoms with van der Waals surface area (Å²) in [7, 11) is -3.53. The molecular weight excluding hydrogens is 746 g/mol. The van der Waals surface area contributed by atoms with Crippen molar-refractivity contribution in [2.24, 2.45) is 0 Å². The van der Waals surface area contributed by atoms with Crippen LogP contribution in [0.4, 0.5) is 0 Å². The third-order valence-corrected chi connectivity index (χ3v) is 10.8. The number of nitriles is 1. The number of imide groups is 1. The Morgan fingerprint density at radius 2 is 1.78 bits per heavy atom. The molecule has 0 spiro atoms. The summed E-state index contributed by atoms with van der Waals surface area (Å²) in [5, 5.41) is 12.4. The quantitative estimate of drug-likeness (QED) is 0.0964. The first kappa shape index (κ1) is 39.3. The number of amides is 3. The Labute approximate surface area is 324 Å². The van der Waals surface area contributed by atoms with E-state index in [4.69, 9.17) is 25.8 Å². The van der Waals surface area contributed by atoms with Gasteiger partial charge < -0.3 is 19.1 Å². The molecule has 0 aliphatic carbocycles. The minimum absolute atomic E-state index is 0.0672. The van der Waals surface area contributed by atoms with Gasteiger partial charge in [-0.2, -0.15) is 5.26 Å². The SMILES string of the molecule is CC(C)(c1ccc(OCc2ccnc(S(C)(=O)=O)n2)cc1)c1cc(Cl)c(OCCCOCCc2ccc3c(c2)CN(C2CCC(=O)NC2=O)C3=O)c(C#N)c1. The maximum absolute atomic E-state index is 12.9. The lowest BCUT2D eigenvalue weighted by atomic mass is 9.77. The number of hydrogen-bond acceptors (Lipinski definition) is 11. The first-order valence-corrected chi connectivity index (χ1v) is 20.0. The third kappa shape index (κ3) is 9.13. The van der Waals surface area contributed by atoms with Gasteiger partial charge in [-0.25, -0.2) is 18.4 Å². The van der Waals surface area contributed by atoms with Crippen LogP contribution in [0.5, 0.6) is 11.5 Å². The van der Waals surface area contributed by atoms with Crippen LogP contribution in [-0.2, 0) is 49.2 Å². The zero-order chi connectivity index (χ0) is 39.3. The van der Waals surface area contributed by atoms with Crippen LogP contribution in [0, 0.1) is 11.3 Å². The monoisotopic (exact) mass is 785 g/mol. The van der Waals surface area contributed by atoms with E-state index in [1.165, 1.54) is 11.1 Å². The summed E-state index contributed by atoms with van der Waals surface area (Å²) < 4.78 is 41.2. The number of hydrogen-bond donors (Lipinski definition) is 1. The number of carbonyl (C=O) groups is 3. The number of ether oxygens (including phenoxy) is 3. The molecule has 2 aliphatic heterocycles. The Morgan fingerprint density at radius 3 is 2.51 bits per heavy atom. The fraction of sp³-hybridized carbons (Fsp3) is 0.350. The van der Waals surface area contributed by atoms with E-state index in [0.29, 0.717) is 79.0 Å². The van der Waals surface area contributed by atoms with Crippen LogP contribution in [0.25, 0.3) is 0 Å². The van der Waals surface area contributed by atoms with Crippen LogP contribution < -0.4 is 14.8 Å². The van der Waals surface area contributed by atoms with Gasteiger partial charge in [0, 0.05) is 49.4 Å². The Morgan fingerprint density at radius 1 is 1.00 bits per heavy atom. The molecule has 1 atom stereocenters. The Kier molecular flexibility index (Phi) is 11.8. The fourth-order valence-corrected chi connectivity index (χ4v) is 7.33. The van der Waals surface area contributed by atoms with E-state index in [0.717, 1.165) is 28.5 Å². The van der Waals surface area contributed by atoms with Gasteiger partial charge in [0.05, 0.1) is 29.5 Å². The summed E-state index contributed by atoms with van der Waals surface area (Å²) in [6, 6.07) is 19.9. The lowest BCUT2D eigenvalue weighted by Crippen LogP contribution is -2.52. The predicted octanol–water partition coefficient (Wildman–Crippen LogP) is 5.10. The molecule has 1 fully saturated rings. The molecule has 4 aromatic rings. The van der Waals surface area contributed by atoms with Gasteiger partial charge in [-0.05, 0) is 71.5 Å². The van der Waals surface area contributed by atoms with Crippen molar-refractivity contribution in [3.05, 3.63) is 111 Å². The molecule has 0 saturated carbocycles. The number of halogens is 1. The van der Waals surface area contributed by atoms with Crippen molar-refractivity contribution in [3.8, 4) is 17.6 Å². The van der Waals surface area contributed by atoms with E-state index >= 15 is 0 Å². The second-order valence-corrected chi connectivity index (χ2v) is 16.3. The van der Waals surface area contributed by atoms with E-state index < -0.39 is 27.2 Å². The highest BCUT2D eigenvalue weighted by Crippen LogP contribution is 2.39. The number of piperidine rings is 1. The van der Waals surface area contributed by atoms with Gasteiger partial charge in [0.25, 0.3) is 5.91 Å². The molecule has 1 unspecified atom stereocenters. The van der Waals surface area contributed by atoms with Gasteiger partial charge in [0.1, 0.15) is 24.5 Å². The van der Waals surface area contributed by atoms with Gasteiger partial charge in [-0.15, -0.1) is 0 Å².